The molecule has 52 heavy (non-hydrogen) atoms. The maximum absolute atomic E-state index is 2.80. The van der Waals surface area contributed by atoms with E-state index in [9.17, 15) is 0 Å². The van der Waals surface area contributed by atoms with E-state index in [2.05, 4.69) is 203 Å². The van der Waals surface area contributed by atoms with Crippen molar-refractivity contribution in [2.75, 3.05) is 0 Å². The largest absolute Gasteiger partial charge is 1.00 e. The van der Waals surface area contributed by atoms with Gasteiger partial charge in [-0.05, 0) is 0 Å². The van der Waals surface area contributed by atoms with Gasteiger partial charge in [0.2, 0.25) is 0 Å². The van der Waals surface area contributed by atoms with Crippen LogP contribution in [0, 0.1) is 57.7 Å². The average Bonchev–Trinajstić information content (AvgIpc) is 3.69. The van der Waals surface area contributed by atoms with Gasteiger partial charge in [-0.15, -0.1) is 0 Å². The van der Waals surface area contributed by atoms with E-state index in [1.807, 2.05) is 0 Å². The first-order valence-electron chi connectivity index (χ1n) is 19.0. The predicted molar refractivity (Wildman–Crippen MR) is 211 cm³/mol. The fourth-order valence-electron chi connectivity index (χ4n) is 13.3. The van der Waals surface area contributed by atoms with Gasteiger partial charge < -0.3 is 24.8 Å². The minimum atomic E-state index is -2.46. The van der Waals surface area contributed by atoms with Crippen molar-refractivity contribution in [2.24, 2.45) is 43.8 Å². The number of halogens is 2. The molecular weight excluding hydrogens is 707 g/mol. The van der Waals surface area contributed by atoms with E-state index in [1.165, 1.54) is 22.3 Å². The topological polar surface area (TPSA) is 0 Å². The third-order valence-electron chi connectivity index (χ3n) is 16.9. The molecule has 2 aromatic carbocycles. The van der Waals surface area contributed by atoms with Crippen molar-refractivity contribution in [1.82, 2.24) is 0 Å². The Kier molecular flexibility index (Phi) is 9.66. The Hall–Kier alpha value is -2.48. The van der Waals surface area contributed by atoms with E-state index in [1.54, 1.807) is 13.3 Å². The molecule has 0 spiro atoms. The van der Waals surface area contributed by atoms with Crippen molar-refractivity contribution in [1.29, 1.82) is 0 Å². The zero-order valence-corrected chi connectivity index (χ0v) is 35.9. The summed E-state index contributed by atoms with van der Waals surface area (Å²) in [7, 11) is 0. The predicted octanol–water partition coefficient (Wildman–Crippen LogP) is 6.59. The Balaban J connectivity index is 0.00000232. The maximum Gasteiger partial charge on any atom is -1.00 e. The Morgan fingerprint density at radius 1 is 0.577 bits per heavy atom. The number of aryl methyl sites for hydroxylation is 2. The first-order valence-corrected chi connectivity index (χ1v) is 21.5. The molecule has 8 rings (SSSR count). The number of fused-ring (bicyclic) bond motifs is 8. The van der Waals surface area contributed by atoms with E-state index in [-0.39, 0.29) is 62.7 Å². The summed E-state index contributed by atoms with van der Waals surface area (Å²) in [5, 5.41) is 0. The van der Waals surface area contributed by atoms with Gasteiger partial charge in [0.25, 0.3) is 0 Å². The van der Waals surface area contributed by atoms with Gasteiger partial charge in [-0.25, -0.2) is 0 Å². The van der Waals surface area contributed by atoms with E-state index in [4.69, 9.17) is 0 Å². The van der Waals surface area contributed by atoms with Crippen molar-refractivity contribution < 1.29 is 42.2 Å². The third kappa shape index (κ3) is 4.36. The minimum Gasteiger partial charge on any atom is -1.00 e. The summed E-state index contributed by atoms with van der Waals surface area (Å²) < 4.78 is 3.84. The van der Waals surface area contributed by atoms with Gasteiger partial charge in [-0.3, -0.25) is 0 Å². The molecular formula is C49H56Cl2Ti. The zero-order chi connectivity index (χ0) is 35.5. The van der Waals surface area contributed by atoms with Crippen LogP contribution >= 0.6 is 0 Å². The van der Waals surface area contributed by atoms with Crippen LogP contribution in [0.2, 0.25) is 4.22 Å². The molecule has 3 heteroatoms. The molecule has 0 saturated heterocycles. The van der Waals surface area contributed by atoms with Crippen LogP contribution in [-0.2, 0) is 17.4 Å². The SMILES string of the molecule is CC1=CC=CC2[CH]([Ti+2]([C]3=CC=CC3)=[C](c3ccc(C)cc3)c3ccc(C)cc3)C3(C)C4(C)C=CC=CC4(C)C4(C)C=CC=CC4(C)C3(C)C12C.[Cl-].[Cl-]. The van der Waals surface area contributed by atoms with Gasteiger partial charge in [0.15, 0.2) is 0 Å². The number of rotatable bonds is 4. The van der Waals surface area contributed by atoms with Crippen LogP contribution in [0.15, 0.2) is 143 Å². The molecule has 0 N–H and O–H groups in total. The molecule has 0 heterocycles. The van der Waals surface area contributed by atoms with E-state index in [0.29, 0.717) is 10.1 Å². The third-order valence-corrected chi connectivity index (χ3v) is 22.7. The molecule has 0 aliphatic heterocycles. The smallest absolute Gasteiger partial charge is 1.00 e. The van der Waals surface area contributed by atoms with E-state index >= 15 is 0 Å². The molecule has 6 aliphatic rings. The standard InChI is InChI=1S/C29H37.C15H14.C5H5.2ClH.Ti/c1-21-14-13-15-22-20-27(6)25(4)18-10-9-16-23(25,2)24(3)17-11-12-19-26(24,5)29(27,8)28(21,22)7;1-12-3-7-14(8-4-12)11-15-9-5-13(2)6-10-15;1-2-4-5-3-1;;;/h9-20,22H,1-8H3;3-10H,1-2H3;1-3H,4H2;2*1H;/q;;;;;+2/p-2. The van der Waals surface area contributed by atoms with Crippen LogP contribution in [0.25, 0.3) is 0 Å². The summed E-state index contributed by atoms with van der Waals surface area (Å²) >= 11 is -2.46. The number of allylic oxidation sites excluding steroid dienone is 16. The average molecular weight is 764 g/mol. The summed E-state index contributed by atoms with van der Waals surface area (Å²) in [4.78, 5) is 0. The fraction of sp³-hybridized carbons (Fsp3) is 0.408. The summed E-state index contributed by atoms with van der Waals surface area (Å²) in [6.07, 6.45) is 36.1. The zero-order valence-electron chi connectivity index (χ0n) is 32.8. The normalized spacial score (nSPS) is 39.9. The van der Waals surface area contributed by atoms with Gasteiger partial charge in [0, 0.05) is 0 Å². The Morgan fingerprint density at radius 3 is 1.56 bits per heavy atom. The summed E-state index contributed by atoms with van der Waals surface area (Å²) in [6, 6.07) is 19.2. The molecule has 2 aromatic rings. The van der Waals surface area contributed by atoms with Crippen molar-refractivity contribution in [3.8, 4) is 0 Å². The van der Waals surface area contributed by atoms with Gasteiger partial charge in [-0.1, -0.05) is 0 Å². The Labute approximate surface area is 332 Å². The molecule has 9 unspecified atom stereocenters. The second-order valence-corrected chi connectivity index (χ2v) is 21.9. The summed E-state index contributed by atoms with van der Waals surface area (Å²) in [5.41, 5.74) is 6.37. The van der Waals surface area contributed by atoms with Crippen molar-refractivity contribution in [3.63, 3.8) is 0 Å². The van der Waals surface area contributed by atoms with Crippen LogP contribution in [0.3, 0.4) is 0 Å². The summed E-state index contributed by atoms with van der Waals surface area (Å²) in [6.45, 7) is 25.8. The van der Waals surface area contributed by atoms with Gasteiger partial charge in [0.05, 0.1) is 0 Å². The molecule has 2 saturated carbocycles. The number of hydrogen-bond acceptors (Lipinski definition) is 0. The molecule has 270 valence electrons. The number of benzene rings is 2. The minimum absolute atomic E-state index is 0. The Morgan fingerprint density at radius 2 is 1.06 bits per heavy atom. The fourth-order valence-corrected chi connectivity index (χ4v) is 20.4. The Bertz CT molecular complexity index is 2020. The molecule has 6 aliphatic carbocycles. The van der Waals surface area contributed by atoms with Crippen LogP contribution in [0.5, 0.6) is 0 Å². The molecule has 2 fully saturated rings. The van der Waals surface area contributed by atoms with Crippen molar-refractivity contribution in [3.05, 3.63) is 165 Å². The second-order valence-electron chi connectivity index (χ2n) is 17.9. The quantitative estimate of drug-likeness (QED) is 0.309. The van der Waals surface area contributed by atoms with Gasteiger partial charge >= 0.3 is 310 Å². The van der Waals surface area contributed by atoms with E-state index < -0.39 is 17.4 Å². The van der Waals surface area contributed by atoms with Crippen LogP contribution in [-0.4, -0.2) is 3.81 Å². The number of hydrogen-bond donors (Lipinski definition) is 0. The molecule has 0 radical (unpaired) electrons. The maximum atomic E-state index is 2.80. The van der Waals surface area contributed by atoms with Gasteiger partial charge in [0.1, 0.15) is 0 Å². The first kappa shape index (κ1) is 39.2. The molecule has 0 aromatic heterocycles. The molecule has 0 bridgehead atoms. The van der Waals surface area contributed by atoms with Crippen molar-refractivity contribution in [2.45, 2.75) is 79.9 Å². The first-order chi connectivity index (χ1) is 23.7. The monoisotopic (exact) mass is 762 g/mol. The molecule has 9 atom stereocenters. The molecule has 0 amide bonds. The summed E-state index contributed by atoms with van der Waals surface area (Å²) in [5.74, 6) is 0.406. The second kappa shape index (κ2) is 12.8. The molecule has 0 nitrogen and oxygen atoms in total. The van der Waals surface area contributed by atoms with Crippen molar-refractivity contribution >= 4 is 3.81 Å². The van der Waals surface area contributed by atoms with Gasteiger partial charge in [-0.2, -0.15) is 0 Å². The van der Waals surface area contributed by atoms with Crippen LogP contribution in [0.1, 0.15) is 84.1 Å². The van der Waals surface area contributed by atoms with E-state index in [0.717, 1.165) is 6.42 Å². The van der Waals surface area contributed by atoms with Crippen LogP contribution in [0.4, 0.5) is 0 Å². The van der Waals surface area contributed by atoms with Crippen LogP contribution < -0.4 is 24.8 Å².